The first-order valence-electron chi connectivity index (χ1n) is 9.27. The Hall–Kier alpha value is -1.66. The quantitative estimate of drug-likeness (QED) is 0.286. The van der Waals surface area contributed by atoms with E-state index >= 15 is 0 Å². The molecule has 1 aromatic carbocycles. The number of halogens is 1. The second-order valence-corrected chi connectivity index (χ2v) is 8.47. The van der Waals surface area contributed by atoms with Crippen molar-refractivity contribution in [3.8, 4) is 0 Å². The molecular formula is C19H31IN6O2S. The number of hydrogen-bond donors (Lipinski definition) is 3. The van der Waals surface area contributed by atoms with Crippen LogP contribution in [0.1, 0.15) is 36.4 Å². The highest BCUT2D eigenvalue weighted by Gasteiger charge is 2.14. The number of sulfonamides is 1. The molecule has 2 rings (SSSR count). The number of nitrogens with zero attached hydrogens (tertiary/aromatic N) is 3. The Balaban J connectivity index is 0.00000420. The number of rotatable bonds is 7. The van der Waals surface area contributed by atoms with Crippen LogP contribution in [0.25, 0.3) is 0 Å². The summed E-state index contributed by atoms with van der Waals surface area (Å²) < 4.78 is 24.9. The van der Waals surface area contributed by atoms with Crippen LogP contribution in [0, 0.1) is 13.8 Å². The van der Waals surface area contributed by atoms with Crippen molar-refractivity contribution in [2.75, 3.05) is 6.54 Å². The molecule has 0 bridgehead atoms. The number of guanidine groups is 1. The molecule has 0 aliphatic heterocycles. The number of benzene rings is 1. The van der Waals surface area contributed by atoms with Crippen molar-refractivity contribution in [1.29, 1.82) is 0 Å². The number of aliphatic imine (C=N–C) groups is 1. The summed E-state index contributed by atoms with van der Waals surface area (Å²) in [6.45, 7) is 9.25. The number of nitrogens with two attached hydrogens (primary N) is 1. The molecule has 0 spiro atoms. The number of primary sulfonamides is 1. The van der Waals surface area contributed by atoms with Crippen molar-refractivity contribution in [3.63, 3.8) is 0 Å². The van der Waals surface area contributed by atoms with Crippen LogP contribution in [0.5, 0.6) is 0 Å². The summed E-state index contributed by atoms with van der Waals surface area (Å²) in [6, 6.07) is 6.67. The Morgan fingerprint density at radius 3 is 2.59 bits per heavy atom. The third-order valence-corrected chi connectivity index (χ3v) is 5.45. The average molecular weight is 534 g/mol. The fourth-order valence-electron chi connectivity index (χ4n) is 3.01. The van der Waals surface area contributed by atoms with E-state index in [9.17, 15) is 8.42 Å². The zero-order valence-electron chi connectivity index (χ0n) is 17.6. The van der Waals surface area contributed by atoms with Crippen LogP contribution in [0.4, 0.5) is 0 Å². The van der Waals surface area contributed by atoms with Gasteiger partial charge in [0.15, 0.2) is 5.96 Å². The molecular weight excluding hydrogens is 503 g/mol. The molecule has 2 aromatic rings. The molecule has 162 valence electrons. The molecule has 4 N–H and O–H groups in total. The number of nitrogens with one attached hydrogen (secondary N) is 2. The van der Waals surface area contributed by atoms with Crippen molar-refractivity contribution in [3.05, 3.63) is 46.8 Å². The summed E-state index contributed by atoms with van der Waals surface area (Å²) in [7, 11) is -1.77. The van der Waals surface area contributed by atoms with Crippen LogP contribution in [0.3, 0.4) is 0 Å². The third kappa shape index (κ3) is 7.27. The van der Waals surface area contributed by atoms with Crippen LogP contribution in [0.2, 0.25) is 0 Å². The van der Waals surface area contributed by atoms with E-state index in [4.69, 9.17) is 5.14 Å². The van der Waals surface area contributed by atoms with Gasteiger partial charge < -0.3 is 10.6 Å². The van der Waals surface area contributed by atoms with Crippen molar-refractivity contribution in [2.45, 2.75) is 51.6 Å². The van der Waals surface area contributed by atoms with Gasteiger partial charge >= 0.3 is 0 Å². The SMILES string of the molecule is CCNC(=NCc1cccc(S(N)(=O)=O)c1)NC(C)Cc1c(C)nn(C)c1C.I. The molecule has 0 aliphatic carbocycles. The van der Waals surface area contributed by atoms with Crippen molar-refractivity contribution in [1.82, 2.24) is 20.4 Å². The van der Waals surface area contributed by atoms with Gasteiger partial charge in [-0.1, -0.05) is 12.1 Å². The van der Waals surface area contributed by atoms with Gasteiger partial charge in [0.1, 0.15) is 0 Å². The summed E-state index contributed by atoms with van der Waals surface area (Å²) in [6.07, 6.45) is 0.830. The van der Waals surface area contributed by atoms with E-state index in [2.05, 4.69) is 34.6 Å². The molecule has 0 fully saturated rings. The summed E-state index contributed by atoms with van der Waals surface area (Å²) in [4.78, 5) is 4.67. The lowest BCUT2D eigenvalue weighted by atomic mass is 10.1. The lowest BCUT2D eigenvalue weighted by Crippen LogP contribution is -2.43. The van der Waals surface area contributed by atoms with Crippen molar-refractivity contribution >= 4 is 40.0 Å². The van der Waals surface area contributed by atoms with Crippen LogP contribution in [0.15, 0.2) is 34.2 Å². The van der Waals surface area contributed by atoms with Crippen LogP contribution in [-0.4, -0.2) is 36.7 Å². The minimum Gasteiger partial charge on any atom is -0.357 e. The maximum atomic E-state index is 11.5. The van der Waals surface area contributed by atoms with Gasteiger partial charge in [0.05, 0.1) is 17.1 Å². The predicted molar refractivity (Wildman–Crippen MR) is 127 cm³/mol. The molecule has 0 amide bonds. The topological polar surface area (TPSA) is 114 Å². The zero-order valence-corrected chi connectivity index (χ0v) is 20.7. The lowest BCUT2D eigenvalue weighted by Gasteiger charge is -2.18. The summed E-state index contributed by atoms with van der Waals surface area (Å²) in [5, 5.41) is 16.3. The second kappa shape index (κ2) is 10.9. The molecule has 1 aromatic heterocycles. The van der Waals surface area contributed by atoms with Gasteiger partial charge in [-0.15, -0.1) is 24.0 Å². The first kappa shape index (κ1) is 25.4. The highest BCUT2D eigenvalue weighted by molar-refractivity contribution is 14.0. The molecule has 1 unspecified atom stereocenters. The average Bonchev–Trinajstić information content (AvgIpc) is 2.85. The second-order valence-electron chi connectivity index (χ2n) is 6.91. The maximum Gasteiger partial charge on any atom is 0.238 e. The first-order valence-corrected chi connectivity index (χ1v) is 10.8. The third-order valence-electron chi connectivity index (χ3n) is 4.54. The zero-order chi connectivity index (χ0) is 20.9. The van der Waals surface area contributed by atoms with E-state index in [0.717, 1.165) is 29.9 Å². The van der Waals surface area contributed by atoms with Crippen LogP contribution >= 0.6 is 24.0 Å². The monoisotopic (exact) mass is 534 g/mol. The molecule has 0 aliphatic rings. The molecule has 1 heterocycles. The largest absolute Gasteiger partial charge is 0.357 e. The Bertz CT molecular complexity index is 956. The number of aromatic nitrogens is 2. The maximum absolute atomic E-state index is 11.5. The Labute approximate surface area is 190 Å². The molecule has 1 atom stereocenters. The first-order chi connectivity index (χ1) is 13.1. The van der Waals surface area contributed by atoms with Gasteiger partial charge in [-0.05, 0) is 57.4 Å². The van der Waals surface area contributed by atoms with E-state index in [0.29, 0.717) is 12.5 Å². The molecule has 0 saturated heterocycles. The van der Waals surface area contributed by atoms with Crippen molar-refractivity contribution in [2.24, 2.45) is 17.2 Å². The Morgan fingerprint density at radius 1 is 1.34 bits per heavy atom. The van der Waals surface area contributed by atoms with Gasteiger partial charge in [0.2, 0.25) is 10.0 Å². The fraction of sp³-hybridized carbons (Fsp3) is 0.474. The molecule has 0 radical (unpaired) electrons. The standard InChI is InChI=1S/C19H30N6O2S.HI/c1-6-21-19(22-12-16-8-7-9-17(11-16)28(20,26)27)23-13(2)10-18-14(3)24-25(5)15(18)4;/h7-9,11,13H,6,10,12H2,1-5H3,(H2,20,26,27)(H2,21,22,23);1H. The molecule has 8 nitrogen and oxygen atoms in total. The van der Waals surface area contributed by atoms with Crippen LogP contribution in [-0.2, 0) is 30.0 Å². The minimum absolute atomic E-state index is 0. The van der Waals surface area contributed by atoms with E-state index in [1.807, 2.05) is 31.6 Å². The Kier molecular flexibility index (Phi) is 9.56. The van der Waals surface area contributed by atoms with E-state index in [-0.39, 0.29) is 34.9 Å². The van der Waals surface area contributed by atoms with Crippen molar-refractivity contribution < 1.29 is 8.42 Å². The lowest BCUT2D eigenvalue weighted by molar-refractivity contribution is 0.597. The van der Waals surface area contributed by atoms with Gasteiger partial charge in [-0.2, -0.15) is 5.10 Å². The molecule has 0 saturated carbocycles. The summed E-state index contributed by atoms with van der Waals surface area (Å²) >= 11 is 0. The van der Waals surface area contributed by atoms with Gasteiger partial charge in [0, 0.05) is 25.3 Å². The number of hydrogen-bond acceptors (Lipinski definition) is 4. The molecule has 29 heavy (non-hydrogen) atoms. The highest BCUT2D eigenvalue weighted by Crippen LogP contribution is 2.14. The van der Waals surface area contributed by atoms with Gasteiger partial charge in [0.25, 0.3) is 0 Å². The normalized spacial score (nSPS) is 13.0. The Morgan fingerprint density at radius 2 is 2.03 bits per heavy atom. The van der Waals surface area contributed by atoms with Gasteiger partial charge in [-0.25, -0.2) is 18.5 Å². The van der Waals surface area contributed by atoms with Crippen LogP contribution < -0.4 is 15.8 Å². The van der Waals surface area contributed by atoms with Gasteiger partial charge in [-0.3, -0.25) is 4.68 Å². The van der Waals surface area contributed by atoms with E-state index in [1.54, 1.807) is 12.1 Å². The van der Waals surface area contributed by atoms with E-state index in [1.165, 1.54) is 11.6 Å². The van der Waals surface area contributed by atoms with E-state index < -0.39 is 10.0 Å². The smallest absolute Gasteiger partial charge is 0.238 e. The minimum atomic E-state index is -3.72. The summed E-state index contributed by atoms with van der Waals surface area (Å²) in [5.74, 6) is 0.676. The highest BCUT2D eigenvalue weighted by atomic mass is 127. The number of aryl methyl sites for hydroxylation is 2. The molecule has 10 heteroatoms. The fourth-order valence-corrected chi connectivity index (χ4v) is 3.60. The summed E-state index contributed by atoms with van der Waals surface area (Å²) in [5.41, 5.74) is 4.21. The predicted octanol–water partition coefficient (Wildman–Crippen LogP) is 1.99.